The van der Waals surface area contributed by atoms with Gasteiger partial charge in [0.05, 0.1) is 0 Å². The van der Waals surface area contributed by atoms with E-state index in [2.05, 4.69) is 0 Å². The van der Waals surface area contributed by atoms with Crippen LogP contribution in [0.3, 0.4) is 0 Å². The topological polar surface area (TPSA) is 74.7 Å². The number of hydrogen-bond acceptors (Lipinski definition) is 3. The lowest BCUT2D eigenvalue weighted by Gasteiger charge is -2.17. The van der Waals surface area contributed by atoms with Crippen LogP contribution >= 0.6 is 11.6 Å². The third kappa shape index (κ3) is 3.72. The van der Waals surface area contributed by atoms with E-state index in [1.54, 1.807) is 0 Å². The SMILES string of the molecule is O=C(O)CCC1CCN(S(=O)(=O)c2ccc(Cl)cc2F)C1. The summed E-state index contributed by atoms with van der Waals surface area (Å²) in [6.45, 7) is 0.492. The molecule has 0 saturated carbocycles. The van der Waals surface area contributed by atoms with Gasteiger partial charge in [-0.05, 0) is 37.0 Å². The van der Waals surface area contributed by atoms with Gasteiger partial charge in [0, 0.05) is 24.5 Å². The molecule has 0 bridgehead atoms. The van der Waals surface area contributed by atoms with Crippen LogP contribution in [-0.2, 0) is 14.8 Å². The first kappa shape index (κ1) is 16.2. The number of hydrogen-bond donors (Lipinski definition) is 1. The van der Waals surface area contributed by atoms with Gasteiger partial charge in [-0.3, -0.25) is 4.79 Å². The third-order valence-corrected chi connectivity index (χ3v) is 5.66. The first-order valence-corrected chi connectivity index (χ1v) is 8.29. The fourth-order valence-electron chi connectivity index (χ4n) is 2.40. The molecule has 2 rings (SSSR count). The van der Waals surface area contributed by atoms with Crippen molar-refractivity contribution in [2.75, 3.05) is 13.1 Å². The van der Waals surface area contributed by atoms with Crippen molar-refractivity contribution in [3.8, 4) is 0 Å². The van der Waals surface area contributed by atoms with E-state index in [1.807, 2.05) is 0 Å². The van der Waals surface area contributed by atoms with Crippen molar-refractivity contribution in [1.29, 1.82) is 0 Å². The van der Waals surface area contributed by atoms with E-state index in [4.69, 9.17) is 16.7 Å². The molecule has 1 fully saturated rings. The number of halogens is 2. The third-order valence-electron chi connectivity index (χ3n) is 3.53. The minimum Gasteiger partial charge on any atom is -0.481 e. The predicted molar refractivity (Wildman–Crippen MR) is 75.1 cm³/mol. The zero-order valence-electron chi connectivity index (χ0n) is 11.1. The van der Waals surface area contributed by atoms with Gasteiger partial charge in [0.1, 0.15) is 10.7 Å². The van der Waals surface area contributed by atoms with E-state index in [0.717, 1.165) is 12.1 Å². The summed E-state index contributed by atoms with van der Waals surface area (Å²) in [5.41, 5.74) is 0. The molecule has 0 radical (unpaired) electrons. The highest BCUT2D eigenvalue weighted by Crippen LogP contribution is 2.29. The van der Waals surface area contributed by atoms with Gasteiger partial charge in [0.15, 0.2) is 0 Å². The van der Waals surface area contributed by atoms with Gasteiger partial charge in [-0.1, -0.05) is 11.6 Å². The molecule has 0 spiro atoms. The van der Waals surface area contributed by atoms with Crippen molar-refractivity contribution in [2.24, 2.45) is 5.92 Å². The number of carboxylic acid groups (broad SMARTS) is 1. The Bertz CT molecular complexity index is 650. The van der Waals surface area contributed by atoms with Crippen LogP contribution in [0.4, 0.5) is 4.39 Å². The summed E-state index contributed by atoms with van der Waals surface area (Å²) in [5.74, 6) is -1.79. The summed E-state index contributed by atoms with van der Waals surface area (Å²) in [7, 11) is -3.91. The lowest BCUT2D eigenvalue weighted by molar-refractivity contribution is -0.137. The maximum atomic E-state index is 13.8. The highest BCUT2D eigenvalue weighted by atomic mass is 35.5. The van der Waals surface area contributed by atoms with Crippen molar-refractivity contribution >= 4 is 27.6 Å². The van der Waals surface area contributed by atoms with Crippen LogP contribution in [0.15, 0.2) is 23.1 Å². The average Bonchev–Trinajstić information content (AvgIpc) is 2.85. The Hall–Kier alpha value is -1.18. The smallest absolute Gasteiger partial charge is 0.303 e. The zero-order valence-corrected chi connectivity index (χ0v) is 12.7. The molecule has 0 amide bonds. The maximum Gasteiger partial charge on any atom is 0.303 e. The Labute approximate surface area is 127 Å². The molecule has 1 aliphatic rings. The molecule has 1 atom stereocenters. The number of carboxylic acids is 1. The maximum absolute atomic E-state index is 13.8. The number of benzene rings is 1. The van der Waals surface area contributed by atoms with E-state index in [-0.39, 0.29) is 30.5 Å². The molecule has 1 N–H and O–H groups in total. The minimum absolute atomic E-state index is 0.00780. The summed E-state index contributed by atoms with van der Waals surface area (Å²) >= 11 is 5.62. The van der Waals surface area contributed by atoms with Crippen LogP contribution < -0.4 is 0 Å². The molecule has 1 aliphatic heterocycles. The molecule has 21 heavy (non-hydrogen) atoms. The molecule has 1 unspecified atom stereocenters. The normalized spacial score (nSPS) is 19.8. The summed E-state index contributed by atoms with van der Waals surface area (Å²) < 4.78 is 39.7. The standard InChI is InChI=1S/C13H15ClFNO4S/c14-10-2-3-12(11(15)7-10)21(19,20)16-6-5-9(8-16)1-4-13(17)18/h2-3,7,9H,1,4-6,8H2,(H,17,18). The second kappa shape index (κ2) is 6.29. The van der Waals surface area contributed by atoms with E-state index >= 15 is 0 Å². The van der Waals surface area contributed by atoms with Crippen LogP contribution in [0.2, 0.25) is 5.02 Å². The van der Waals surface area contributed by atoms with Crippen LogP contribution in [0.1, 0.15) is 19.3 Å². The highest BCUT2D eigenvalue weighted by molar-refractivity contribution is 7.89. The van der Waals surface area contributed by atoms with E-state index in [1.165, 1.54) is 10.4 Å². The molecule has 1 aromatic rings. The van der Waals surface area contributed by atoms with Crippen molar-refractivity contribution in [2.45, 2.75) is 24.2 Å². The Morgan fingerprint density at radius 3 is 2.81 bits per heavy atom. The van der Waals surface area contributed by atoms with Gasteiger partial charge in [-0.15, -0.1) is 0 Å². The average molecular weight is 336 g/mol. The Morgan fingerprint density at radius 2 is 2.19 bits per heavy atom. The van der Waals surface area contributed by atoms with Crippen LogP contribution in [0.25, 0.3) is 0 Å². The van der Waals surface area contributed by atoms with Crippen molar-refractivity contribution in [3.63, 3.8) is 0 Å². The van der Waals surface area contributed by atoms with Crippen LogP contribution in [-0.4, -0.2) is 36.9 Å². The van der Waals surface area contributed by atoms with Gasteiger partial charge in [0.25, 0.3) is 0 Å². The second-order valence-corrected chi connectivity index (χ2v) is 7.37. The number of nitrogens with zero attached hydrogens (tertiary/aromatic N) is 1. The Kier molecular flexibility index (Phi) is 4.85. The number of rotatable bonds is 5. The monoisotopic (exact) mass is 335 g/mol. The molecule has 116 valence electrons. The molecule has 1 aromatic carbocycles. The van der Waals surface area contributed by atoms with Crippen LogP contribution in [0.5, 0.6) is 0 Å². The largest absolute Gasteiger partial charge is 0.481 e. The fraction of sp³-hybridized carbons (Fsp3) is 0.462. The minimum atomic E-state index is -3.91. The lowest BCUT2D eigenvalue weighted by Crippen LogP contribution is -2.29. The van der Waals surface area contributed by atoms with Crippen molar-refractivity contribution in [3.05, 3.63) is 29.0 Å². The first-order valence-electron chi connectivity index (χ1n) is 6.47. The molecular formula is C13H15ClFNO4S. The fourth-order valence-corrected chi connectivity index (χ4v) is 4.14. The quantitative estimate of drug-likeness (QED) is 0.896. The highest BCUT2D eigenvalue weighted by Gasteiger charge is 2.34. The first-order chi connectivity index (χ1) is 9.80. The summed E-state index contributed by atoms with van der Waals surface area (Å²) in [4.78, 5) is 10.1. The Balaban J connectivity index is 2.12. The van der Waals surface area contributed by atoms with E-state index < -0.39 is 26.7 Å². The molecule has 0 aliphatic carbocycles. The van der Waals surface area contributed by atoms with Gasteiger partial charge in [-0.2, -0.15) is 4.31 Å². The van der Waals surface area contributed by atoms with Gasteiger partial charge in [0.2, 0.25) is 10.0 Å². The molecule has 1 saturated heterocycles. The van der Waals surface area contributed by atoms with Crippen molar-refractivity contribution < 1.29 is 22.7 Å². The predicted octanol–water partition coefficient (Wildman–Crippen LogP) is 2.35. The number of sulfonamides is 1. The van der Waals surface area contributed by atoms with Crippen molar-refractivity contribution in [1.82, 2.24) is 4.31 Å². The number of aliphatic carboxylic acids is 1. The molecule has 8 heteroatoms. The molecule has 1 heterocycles. The van der Waals surface area contributed by atoms with Gasteiger partial charge in [-0.25, -0.2) is 12.8 Å². The van der Waals surface area contributed by atoms with Gasteiger partial charge < -0.3 is 5.11 Å². The zero-order chi connectivity index (χ0) is 15.6. The molecular weight excluding hydrogens is 321 g/mol. The summed E-state index contributed by atoms with van der Waals surface area (Å²) in [6.07, 6.45) is 1.01. The summed E-state index contributed by atoms with van der Waals surface area (Å²) in [5, 5.41) is 8.78. The van der Waals surface area contributed by atoms with Crippen LogP contribution in [0, 0.1) is 11.7 Å². The van der Waals surface area contributed by atoms with Gasteiger partial charge >= 0.3 is 5.97 Å². The molecule has 0 aromatic heterocycles. The lowest BCUT2D eigenvalue weighted by atomic mass is 10.0. The van der Waals surface area contributed by atoms with E-state index in [9.17, 15) is 17.6 Å². The second-order valence-electron chi connectivity index (χ2n) is 5.02. The van der Waals surface area contributed by atoms with E-state index in [0.29, 0.717) is 12.8 Å². The Morgan fingerprint density at radius 1 is 1.48 bits per heavy atom. The molecule has 5 nitrogen and oxygen atoms in total. The number of carbonyl (C=O) groups is 1. The summed E-state index contributed by atoms with van der Waals surface area (Å²) in [6, 6.07) is 3.44.